The number of rotatable bonds is 3. The molecule has 1 aliphatic heterocycles. The smallest absolute Gasteiger partial charge is 0.193 e. The number of piperazine rings is 1. The van der Waals surface area contributed by atoms with Crippen LogP contribution >= 0.6 is 11.3 Å². The van der Waals surface area contributed by atoms with Crippen molar-refractivity contribution >= 4 is 16.3 Å². The van der Waals surface area contributed by atoms with Gasteiger partial charge in [0.25, 0.3) is 0 Å². The lowest BCUT2D eigenvalue weighted by Crippen LogP contribution is -2.59. The minimum Gasteiger partial charge on any atom is -0.311 e. The molecule has 4 nitrogen and oxygen atoms in total. The summed E-state index contributed by atoms with van der Waals surface area (Å²) >= 11 is 1.70. The van der Waals surface area contributed by atoms with E-state index in [1.54, 1.807) is 11.3 Å². The van der Waals surface area contributed by atoms with E-state index in [-0.39, 0.29) is 5.41 Å². The van der Waals surface area contributed by atoms with Gasteiger partial charge in [-0.2, -0.15) is 0 Å². The summed E-state index contributed by atoms with van der Waals surface area (Å²) in [5.74, 6) is 0. The fourth-order valence-electron chi connectivity index (χ4n) is 3.24. The number of hydrogen-bond donors (Lipinski definition) is 1. The molecule has 2 aromatic rings. The van der Waals surface area contributed by atoms with Crippen LogP contribution in [0.2, 0.25) is 0 Å². The second-order valence-electron chi connectivity index (χ2n) is 7.15. The van der Waals surface area contributed by atoms with Gasteiger partial charge in [-0.05, 0) is 11.8 Å². The largest absolute Gasteiger partial charge is 0.311 e. The molecule has 0 amide bonds. The number of aromatic nitrogens is 2. The predicted octanol–water partition coefficient (Wildman–Crippen LogP) is 2.99. The Morgan fingerprint density at radius 1 is 1.43 bits per heavy atom. The Bertz CT molecular complexity index is 566. The van der Waals surface area contributed by atoms with Gasteiger partial charge < -0.3 is 5.32 Å². The molecule has 0 radical (unpaired) electrons. The molecule has 0 aromatic carbocycles. The van der Waals surface area contributed by atoms with E-state index >= 15 is 0 Å². The van der Waals surface area contributed by atoms with Gasteiger partial charge in [-0.15, -0.1) is 11.3 Å². The normalized spacial score (nSPS) is 24.8. The number of thiazole rings is 1. The molecule has 2 aromatic heterocycles. The van der Waals surface area contributed by atoms with E-state index in [1.165, 1.54) is 12.1 Å². The molecule has 0 saturated carbocycles. The lowest BCUT2D eigenvalue weighted by Gasteiger charge is -2.46. The molecule has 1 N–H and O–H groups in total. The average Bonchev–Trinajstić information content (AvgIpc) is 2.98. The van der Waals surface area contributed by atoms with E-state index in [4.69, 9.17) is 4.98 Å². The van der Waals surface area contributed by atoms with Crippen LogP contribution in [0.4, 0.5) is 0 Å². The summed E-state index contributed by atoms with van der Waals surface area (Å²) in [5.41, 5.74) is 1.47. The molecule has 116 valence electrons. The first kappa shape index (κ1) is 15.0. The van der Waals surface area contributed by atoms with Crippen LogP contribution in [-0.4, -0.2) is 39.5 Å². The number of fused-ring (bicyclic) bond motifs is 1. The highest BCUT2D eigenvalue weighted by molar-refractivity contribution is 7.15. The molecule has 21 heavy (non-hydrogen) atoms. The maximum absolute atomic E-state index is 4.75. The number of imidazole rings is 1. The van der Waals surface area contributed by atoms with Crippen LogP contribution in [0.5, 0.6) is 0 Å². The van der Waals surface area contributed by atoms with Gasteiger partial charge in [0, 0.05) is 49.5 Å². The van der Waals surface area contributed by atoms with E-state index in [0.717, 1.165) is 24.6 Å². The zero-order valence-corrected chi connectivity index (χ0v) is 14.3. The highest BCUT2D eigenvalue weighted by atomic mass is 32.1. The molecule has 5 heteroatoms. The molecular formula is C16H26N4S. The van der Waals surface area contributed by atoms with Gasteiger partial charge in [0.05, 0.1) is 5.69 Å². The van der Waals surface area contributed by atoms with Crippen LogP contribution in [0.3, 0.4) is 0 Å². The number of nitrogens with zero attached hydrogens (tertiary/aromatic N) is 3. The van der Waals surface area contributed by atoms with Crippen molar-refractivity contribution in [3.8, 4) is 0 Å². The minimum absolute atomic E-state index is 0.281. The summed E-state index contributed by atoms with van der Waals surface area (Å²) in [4.78, 5) is 8.47. The molecule has 1 fully saturated rings. The second kappa shape index (κ2) is 5.71. The van der Waals surface area contributed by atoms with E-state index in [2.05, 4.69) is 60.1 Å². The molecule has 0 aliphatic carbocycles. The third-order valence-corrected chi connectivity index (χ3v) is 5.27. The van der Waals surface area contributed by atoms with Gasteiger partial charge in [-0.25, -0.2) is 4.98 Å². The summed E-state index contributed by atoms with van der Waals surface area (Å²) in [6.07, 6.45) is 5.45. The highest BCUT2D eigenvalue weighted by Gasteiger charge is 2.35. The summed E-state index contributed by atoms with van der Waals surface area (Å²) in [7, 11) is 0. The average molecular weight is 306 g/mol. The third-order valence-electron chi connectivity index (χ3n) is 4.50. The van der Waals surface area contributed by atoms with Gasteiger partial charge in [-0.1, -0.05) is 27.7 Å². The van der Waals surface area contributed by atoms with Gasteiger partial charge >= 0.3 is 0 Å². The van der Waals surface area contributed by atoms with E-state index < -0.39 is 0 Å². The monoisotopic (exact) mass is 306 g/mol. The maximum Gasteiger partial charge on any atom is 0.193 e. The Balaban J connectivity index is 1.79. The van der Waals surface area contributed by atoms with Crippen molar-refractivity contribution < 1.29 is 0 Å². The molecule has 0 bridgehead atoms. The quantitative estimate of drug-likeness (QED) is 0.946. The molecule has 2 unspecified atom stereocenters. The molecule has 1 saturated heterocycles. The van der Waals surface area contributed by atoms with Crippen molar-refractivity contribution in [2.24, 2.45) is 5.41 Å². The predicted molar refractivity (Wildman–Crippen MR) is 88.8 cm³/mol. The van der Waals surface area contributed by atoms with Crippen molar-refractivity contribution in [2.75, 3.05) is 13.1 Å². The fraction of sp³-hybridized carbons (Fsp3) is 0.688. The Morgan fingerprint density at radius 2 is 2.24 bits per heavy atom. The van der Waals surface area contributed by atoms with Crippen LogP contribution in [0.1, 0.15) is 39.8 Å². The summed E-state index contributed by atoms with van der Waals surface area (Å²) in [6.45, 7) is 12.4. The van der Waals surface area contributed by atoms with E-state index in [0.29, 0.717) is 12.1 Å². The Morgan fingerprint density at radius 3 is 2.90 bits per heavy atom. The number of nitrogens with one attached hydrogen (secondary N) is 1. The molecular weight excluding hydrogens is 280 g/mol. The topological polar surface area (TPSA) is 32.6 Å². The van der Waals surface area contributed by atoms with Crippen molar-refractivity contribution in [3.05, 3.63) is 23.5 Å². The molecule has 2 atom stereocenters. The zero-order chi connectivity index (χ0) is 15.0. The van der Waals surface area contributed by atoms with Gasteiger partial charge in [-0.3, -0.25) is 9.30 Å². The van der Waals surface area contributed by atoms with Gasteiger partial charge in [0.15, 0.2) is 4.96 Å². The summed E-state index contributed by atoms with van der Waals surface area (Å²) in [6, 6.07) is 1.16. The first-order valence-corrected chi connectivity index (χ1v) is 8.74. The summed E-state index contributed by atoms with van der Waals surface area (Å²) < 4.78 is 2.13. The van der Waals surface area contributed by atoms with Crippen LogP contribution in [-0.2, 0) is 6.54 Å². The SMILES string of the molecule is CCC1CN(Cc2cn3ccsc3n2)C(C(C)(C)C)CN1. The van der Waals surface area contributed by atoms with E-state index in [1.807, 2.05) is 0 Å². The number of hydrogen-bond acceptors (Lipinski definition) is 4. The Hall–Kier alpha value is -0.910. The lowest BCUT2D eigenvalue weighted by molar-refractivity contribution is 0.0477. The van der Waals surface area contributed by atoms with Crippen LogP contribution in [0.15, 0.2) is 17.8 Å². The Kier molecular flexibility index (Phi) is 4.08. The first-order chi connectivity index (χ1) is 9.97. The second-order valence-corrected chi connectivity index (χ2v) is 8.02. The van der Waals surface area contributed by atoms with Crippen molar-refractivity contribution in [2.45, 2.75) is 52.7 Å². The molecule has 3 rings (SSSR count). The van der Waals surface area contributed by atoms with Crippen molar-refractivity contribution in [1.29, 1.82) is 0 Å². The van der Waals surface area contributed by atoms with E-state index in [9.17, 15) is 0 Å². The van der Waals surface area contributed by atoms with Crippen LogP contribution in [0.25, 0.3) is 4.96 Å². The maximum atomic E-state index is 4.75. The zero-order valence-electron chi connectivity index (χ0n) is 13.5. The lowest BCUT2D eigenvalue weighted by atomic mass is 9.83. The summed E-state index contributed by atoms with van der Waals surface area (Å²) in [5, 5.41) is 5.78. The molecule has 1 aliphatic rings. The fourth-order valence-corrected chi connectivity index (χ4v) is 3.96. The van der Waals surface area contributed by atoms with Crippen molar-refractivity contribution in [3.63, 3.8) is 0 Å². The highest BCUT2D eigenvalue weighted by Crippen LogP contribution is 2.28. The third kappa shape index (κ3) is 3.15. The Labute approximate surface area is 131 Å². The van der Waals surface area contributed by atoms with Crippen molar-refractivity contribution in [1.82, 2.24) is 19.6 Å². The van der Waals surface area contributed by atoms with Crippen LogP contribution < -0.4 is 5.32 Å². The van der Waals surface area contributed by atoms with Gasteiger partial charge in [0.1, 0.15) is 0 Å². The van der Waals surface area contributed by atoms with Gasteiger partial charge in [0.2, 0.25) is 0 Å². The molecule has 0 spiro atoms. The molecule has 3 heterocycles. The minimum atomic E-state index is 0.281. The van der Waals surface area contributed by atoms with Crippen LogP contribution in [0, 0.1) is 5.41 Å². The standard InChI is InChI=1S/C16H26N4S/c1-5-12-9-20(14(8-17-12)16(2,3)4)11-13-10-19-6-7-21-15(19)18-13/h6-7,10,12,14,17H,5,8-9,11H2,1-4H3. The first-order valence-electron chi connectivity index (χ1n) is 7.86.